The summed E-state index contributed by atoms with van der Waals surface area (Å²) in [4.78, 5) is 0. The number of halogens is 1. The number of hydrogen-bond acceptors (Lipinski definition) is 4. The molecule has 0 saturated carbocycles. The van der Waals surface area contributed by atoms with Crippen molar-refractivity contribution in [2.45, 2.75) is 6.54 Å². The summed E-state index contributed by atoms with van der Waals surface area (Å²) < 4.78 is 0. The Bertz CT molecular complexity index is 650. The van der Waals surface area contributed by atoms with Gasteiger partial charge in [0.1, 0.15) is 6.07 Å². The summed E-state index contributed by atoms with van der Waals surface area (Å²) in [6.07, 6.45) is 0. The molecule has 0 saturated heterocycles. The highest BCUT2D eigenvalue weighted by Crippen LogP contribution is 2.26. The van der Waals surface area contributed by atoms with Gasteiger partial charge < -0.3 is 15.5 Å². The first-order valence-electron chi connectivity index (χ1n) is 5.54. The summed E-state index contributed by atoms with van der Waals surface area (Å²) >= 11 is 5.92. The summed E-state index contributed by atoms with van der Waals surface area (Å²) in [6.45, 7) is 0.468. The van der Waals surface area contributed by atoms with E-state index < -0.39 is 0 Å². The molecule has 0 aliphatic carbocycles. The van der Waals surface area contributed by atoms with E-state index in [0.717, 1.165) is 11.3 Å². The Morgan fingerprint density at radius 2 is 1.89 bits per heavy atom. The second-order valence-corrected chi connectivity index (χ2v) is 4.39. The smallest absolute Gasteiger partial charge is 0.157 e. The third-order valence-electron chi connectivity index (χ3n) is 2.63. The van der Waals surface area contributed by atoms with Gasteiger partial charge in [0.25, 0.3) is 0 Å². The van der Waals surface area contributed by atoms with Crippen LogP contribution in [0.3, 0.4) is 0 Å². The highest BCUT2D eigenvalue weighted by atomic mass is 35.5. The van der Waals surface area contributed by atoms with Crippen molar-refractivity contribution in [2.75, 3.05) is 5.32 Å². The lowest BCUT2D eigenvalue weighted by Crippen LogP contribution is -1.99. The Morgan fingerprint density at radius 3 is 2.53 bits per heavy atom. The maximum Gasteiger partial charge on any atom is 0.157 e. The SMILES string of the molecule is N#Cc1ccc(NCc2ccc(O)c(O)c2)cc1Cl. The summed E-state index contributed by atoms with van der Waals surface area (Å²) in [5.41, 5.74) is 2.02. The van der Waals surface area contributed by atoms with Gasteiger partial charge in [-0.05, 0) is 35.9 Å². The van der Waals surface area contributed by atoms with Gasteiger partial charge in [0.15, 0.2) is 11.5 Å². The Balaban J connectivity index is 2.08. The summed E-state index contributed by atoms with van der Waals surface area (Å²) in [5, 5.41) is 30.8. The number of aromatic hydroxyl groups is 2. The molecule has 0 unspecified atom stereocenters. The molecule has 5 heteroatoms. The number of phenolic OH excluding ortho intramolecular Hbond substituents is 2. The molecular formula is C14H11ClN2O2. The molecule has 4 nitrogen and oxygen atoms in total. The molecule has 0 aromatic heterocycles. The van der Waals surface area contributed by atoms with Gasteiger partial charge in [-0.15, -0.1) is 0 Å². The molecule has 3 N–H and O–H groups in total. The van der Waals surface area contributed by atoms with Gasteiger partial charge in [-0.1, -0.05) is 17.7 Å². The van der Waals surface area contributed by atoms with E-state index in [-0.39, 0.29) is 11.5 Å². The van der Waals surface area contributed by atoms with E-state index in [0.29, 0.717) is 17.1 Å². The van der Waals surface area contributed by atoms with Gasteiger partial charge in [0.05, 0.1) is 10.6 Å². The zero-order chi connectivity index (χ0) is 13.8. The van der Waals surface area contributed by atoms with Crippen LogP contribution in [0.25, 0.3) is 0 Å². The van der Waals surface area contributed by atoms with Gasteiger partial charge in [-0.25, -0.2) is 0 Å². The number of nitrogens with one attached hydrogen (secondary N) is 1. The predicted octanol–water partition coefficient (Wildman–Crippen LogP) is 3.23. The van der Waals surface area contributed by atoms with E-state index in [1.807, 2.05) is 6.07 Å². The molecule has 0 aliphatic heterocycles. The molecular weight excluding hydrogens is 264 g/mol. The molecule has 0 amide bonds. The normalized spacial score (nSPS) is 9.89. The van der Waals surface area contributed by atoms with Crippen LogP contribution in [0.15, 0.2) is 36.4 Å². The number of benzene rings is 2. The van der Waals surface area contributed by atoms with E-state index in [1.165, 1.54) is 12.1 Å². The molecule has 2 rings (SSSR count). The van der Waals surface area contributed by atoms with Crippen molar-refractivity contribution in [3.8, 4) is 17.6 Å². The fourth-order valence-electron chi connectivity index (χ4n) is 1.60. The van der Waals surface area contributed by atoms with Gasteiger partial charge in [-0.3, -0.25) is 0 Å². The van der Waals surface area contributed by atoms with Crippen molar-refractivity contribution in [3.05, 3.63) is 52.5 Å². The quantitative estimate of drug-likeness (QED) is 0.751. The summed E-state index contributed by atoms with van der Waals surface area (Å²) in [5.74, 6) is -0.303. The molecule has 0 spiro atoms. The molecule has 0 radical (unpaired) electrons. The monoisotopic (exact) mass is 274 g/mol. The lowest BCUT2D eigenvalue weighted by molar-refractivity contribution is 0.403. The van der Waals surface area contributed by atoms with Gasteiger partial charge in [-0.2, -0.15) is 5.26 Å². The number of rotatable bonds is 3. The molecule has 2 aromatic carbocycles. The lowest BCUT2D eigenvalue weighted by atomic mass is 10.2. The second kappa shape index (κ2) is 5.51. The molecule has 0 aliphatic rings. The van der Waals surface area contributed by atoms with Crippen molar-refractivity contribution < 1.29 is 10.2 Å². The topological polar surface area (TPSA) is 76.3 Å². The molecule has 0 heterocycles. The fourth-order valence-corrected chi connectivity index (χ4v) is 1.82. The minimum Gasteiger partial charge on any atom is -0.504 e. The first-order chi connectivity index (χ1) is 9.10. The Morgan fingerprint density at radius 1 is 1.11 bits per heavy atom. The molecule has 19 heavy (non-hydrogen) atoms. The molecule has 0 fully saturated rings. The van der Waals surface area contributed by atoms with Crippen LogP contribution in [-0.4, -0.2) is 10.2 Å². The van der Waals surface area contributed by atoms with E-state index in [2.05, 4.69) is 5.32 Å². The van der Waals surface area contributed by atoms with Crippen molar-refractivity contribution in [1.82, 2.24) is 0 Å². The van der Waals surface area contributed by atoms with Gasteiger partial charge >= 0.3 is 0 Å². The number of nitrogens with zero attached hydrogens (tertiary/aromatic N) is 1. The average molecular weight is 275 g/mol. The zero-order valence-corrected chi connectivity index (χ0v) is 10.6. The van der Waals surface area contributed by atoms with E-state index in [1.54, 1.807) is 24.3 Å². The van der Waals surface area contributed by atoms with E-state index in [9.17, 15) is 10.2 Å². The van der Waals surface area contributed by atoms with E-state index >= 15 is 0 Å². The van der Waals surface area contributed by atoms with Crippen LogP contribution in [0.4, 0.5) is 5.69 Å². The minimum atomic E-state index is -0.155. The summed E-state index contributed by atoms with van der Waals surface area (Å²) in [7, 11) is 0. The maximum atomic E-state index is 9.37. The minimum absolute atomic E-state index is 0.148. The fraction of sp³-hybridized carbons (Fsp3) is 0.0714. The molecule has 2 aromatic rings. The molecule has 96 valence electrons. The number of nitriles is 1. The largest absolute Gasteiger partial charge is 0.504 e. The third kappa shape index (κ3) is 3.09. The van der Waals surface area contributed by atoms with Crippen LogP contribution in [0.5, 0.6) is 11.5 Å². The van der Waals surface area contributed by atoms with Crippen LogP contribution in [-0.2, 0) is 6.54 Å². The van der Waals surface area contributed by atoms with E-state index in [4.69, 9.17) is 16.9 Å². The van der Waals surface area contributed by atoms with Crippen LogP contribution in [0.2, 0.25) is 5.02 Å². The maximum absolute atomic E-state index is 9.37. The van der Waals surface area contributed by atoms with Crippen molar-refractivity contribution in [3.63, 3.8) is 0 Å². The highest BCUT2D eigenvalue weighted by molar-refractivity contribution is 6.32. The Hall–Kier alpha value is -2.38. The molecule has 0 bridgehead atoms. The summed E-state index contributed by atoms with van der Waals surface area (Å²) in [6, 6.07) is 11.7. The van der Waals surface area contributed by atoms with Crippen LogP contribution < -0.4 is 5.32 Å². The molecule has 0 atom stereocenters. The third-order valence-corrected chi connectivity index (χ3v) is 2.94. The first kappa shape index (κ1) is 13.1. The van der Waals surface area contributed by atoms with Crippen LogP contribution in [0, 0.1) is 11.3 Å². The van der Waals surface area contributed by atoms with Crippen LogP contribution >= 0.6 is 11.6 Å². The number of anilines is 1. The first-order valence-corrected chi connectivity index (χ1v) is 5.92. The van der Waals surface area contributed by atoms with Crippen molar-refractivity contribution in [2.24, 2.45) is 0 Å². The Kier molecular flexibility index (Phi) is 3.79. The van der Waals surface area contributed by atoms with Gasteiger partial charge in [0.2, 0.25) is 0 Å². The highest BCUT2D eigenvalue weighted by Gasteiger charge is 2.03. The Labute approximate surface area is 115 Å². The van der Waals surface area contributed by atoms with Crippen molar-refractivity contribution in [1.29, 1.82) is 5.26 Å². The standard InChI is InChI=1S/C14H11ClN2O2/c15-12-6-11(3-2-10(12)7-16)17-8-9-1-4-13(18)14(19)5-9/h1-6,17-19H,8H2. The van der Waals surface area contributed by atoms with Crippen LogP contribution in [0.1, 0.15) is 11.1 Å². The lowest BCUT2D eigenvalue weighted by Gasteiger charge is -2.08. The second-order valence-electron chi connectivity index (χ2n) is 3.98. The number of phenols is 2. The van der Waals surface area contributed by atoms with Crippen molar-refractivity contribution >= 4 is 17.3 Å². The zero-order valence-electron chi connectivity index (χ0n) is 9.89. The average Bonchev–Trinajstić information content (AvgIpc) is 2.40. The number of hydrogen-bond donors (Lipinski definition) is 3. The predicted molar refractivity (Wildman–Crippen MR) is 73.3 cm³/mol. The van der Waals surface area contributed by atoms with Gasteiger partial charge in [0, 0.05) is 12.2 Å².